The molecule has 4 saturated carbocycles. The Morgan fingerprint density at radius 3 is 1.72 bits per heavy atom. The fraction of sp³-hybridized carbons (Fsp3) is 0.514. The Morgan fingerprint density at radius 1 is 0.641 bits per heavy atom. The molecular formula is C35H42IrNO2-. The Bertz CT molecular complexity index is 1050. The number of aliphatic hydroxyl groups is 2. The first-order valence-electron chi connectivity index (χ1n) is 15.0. The number of fused-ring (bicyclic) bond motifs is 1. The van der Waals surface area contributed by atoms with Crippen molar-refractivity contribution < 1.29 is 30.3 Å². The van der Waals surface area contributed by atoms with E-state index in [9.17, 15) is 10.2 Å². The van der Waals surface area contributed by atoms with Gasteiger partial charge >= 0.3 is 0 Å². The summed E-state index contributed by atoms with van der Waals surface area (Å²) in [6.07, 6.45) is 14.6. The standard InChI is InChI=1S/C18H30O2.C17H12N.Ir/c19-17-14(11-5-1-2-6-11)9-13-10-15(18(20)16(13)17)12-7-3-4-8-12;1-3-7-14(8-4-1)16-11-12-17(18-13-16)15-9-5-2-6-10-15;/h11-20H,1-10H2;1-9,11-13H;/q;-1;/t13?,14-,15+,16?,17?,18?;;. The topological polar surface area (TPSA) is 53.4 Å². The smallest absolute Gasteiger partial charge is 0.0626 e. The minimum atomic E-state index is -0.204. The van der Waals surface area contributed by atoms with Crippen LogP contribution in [0.25, 0.3) is 22.4 Å². The van der Waals surface area contributed by atoms with Crippen LogP contribution in [-0.4, -0.2) is 27.4 Å². The van der Waals surface area contributed by atoms with Crippen molar-refractivity contribution in [2.45, 2.75) is 76.4 Å². The van der Waals surface area contributed by atoms with E-state index in [1.54, 1.807) is 0 Å². The monoisotopic (exact) mass is 701 g/mol. The van der Waals surface area contributed by atoms with Gasteiger partial charge in [-0.15, -0.1) is 35.9 Å². The molecule has 4 fully saturated rings. The second-order valence-electron chi connectivity index (χ2n) is 12.3. The normalized spacial score (nSPS) is 30.4. The molecule has 1 aromatic heterocycles. The van der Waals surface area contributed by atoms with Gasteiger partial charge in [0.1, 0.15) is 0 Å². The molecule has 1 heterocycles. The molecule has 4 aliphatic rings. The van der Waals surface area contributed by atoms with E-state index in [0.29, 0.717) is 17.8 Å². The minimum absolute atomic E-state index is 0. The summed E-state index contributed by atoms with van der Waals surface area (Å²) in [6, 6.07) is 25.5. The van der Waals surface area contributed by atoms with Crippen LogP contribution in [0, 0.1) is 41.6 Å². The van der Waals surface area contributed by atoms with E-state index in [-0.39, 0.29) is 38.2 Å². The molecule has 39 heavy (non-hydrogen) atoms. The summed E-state index contributed by atoms with van der Waals surface area (Å²) in [7, 11) is 0. The molecule has 3 aromatic rings. The maximum atomic E-state index is 10.8. The molecular weight excluding hydrogens is 659 g/mol. The molecule has 0 bridgehead atoms. The molecule has 4 aliphatic carbocycles. The molecule has 0 amide bonds. The van der Waals surface area contributed by atoms with Crippen LogP contribution < -0.4 is 0 Å². The van der Waals surface area contributed by atoms with Crippen LogP contribution in [0.2, 0.25) is 0 Å². The van der Waals surface area contributed by atoms with Gasteiger partial charge in [0.2, 0.25) is 0 Å². The summed E-state index contributed by atoms with van der Waals surface area (Å²) >= 11 is 0. The van der Waals surface area contributed by atoms with E-state index >= 15 is 0 Å². The maximum absolute atomic E-state index is 10.8. The Labute approximate surface area is 247 Å². The van der Waals surface area contributed by atoms with Crippen LogP contribution in [0.5, 0.6) is 0 Å². The van der Waals surface area contributed by atoms with E-state index in [1.807, 2.05) is 54.7 Å². The molecule has 209 valence electrons. The molecule has 0 saturated heterocycles. The van der Waals surface area contributed by atoms with E-state index in [2.05, 4.69) is 29.2 Å². The number of hydrogen-bond acceptors (Lipinski definition) is 3. The first-order valence-corrected chi connectivity index (χ1v) is 15.0. The number of aromatic nitrogens is 1. The Hall–Kier alpha value is -1.84. The summed E-state index contributed by atoms with van der Waals surface area (Å²) in [5.41, 5.74) is 4.30. The van der Waals surface area contributed by atoms with Gasteiger partial charge in [-0.2, -0.15) is 0 Å². The molecule has 7 rings (SSSR count). The third-order valence-corrected chi connectivity index (χ3v) is 10.2. The number of aliphatic hydroxyl groups excluding tert-OH is 2. The molecule has 6 atom stereocenters. The summed E-state index contributed by atoms with van der Waals surface area (Å²) in [5.74, 6) is 3.36. The van der Waals surface area contributed by atoms with Crippen molar-refractivity contribution in [2.24, 2.45) is 35.5 Å². The van der Waals surface area contributed by atoms with Crippen LogP contribution in [-0.2, 0) is 20.1 Å². The van der Waals surface area contributed by atoms with Gasteiger partial charge in [-0.3, -0.25) is 0 Å². The van der Waals surface area contributed by atoms with Gasteiger partial charge in [0.05, 0.1) is 12.2 Å². The van der Waals surface area contributed by atoms with Crippen molar-refractivity contribution in [1.82, 2.24) is 4.98 Å². The SMILES string of the molecule is OC1C2C(C[C@@H]1C1CCCC1)C[C@@H](C1CCCC1)C2O.[Ir].[c-]1ccccc1-c1ccc(-c2ccccc2)cn1. The predicted molar refractivity (Wildman–Crippen MR) is 153 cm³/mol. The number of nitrogens with zero attached hydrogens (tertiary/aromatic N) is 1. The first-order chi connectivity index (χ1) is 18.7. The Morgan fingerprint density at radius 2 is 1.23 bits per heavy atom. The van der Waals surface area contributed by atoms with Crippen LogP contribution in [0.4, 0.5) is 0 Å². The van der Waals surface area contributed by atoms with E-state index < -0.39 is 0 Å². The molecule has 0 spiro atoms. The van der Waals surface area contributed by atoms with Gasteiger partial charge < -0.3 is 15.2 Å². The number of rotatable bonds is 4. The molecule has 4 heteroatoms. The Kier molecular flexibility index (Phi) is 9.72. The van der Waals surface area contributed by atoms with E-state index in [4.69, 9.17) is 0 Å². The van der Waals surface area contributed by atoms with Crippen LogP contribution in [0.15, 0.2) is 72.9 Å². The van der Waals surface area contributed by atoms with Gasteiger partial charge in [0.15, 0.2) is 0 Å². The van der Waals surface area contributed by atoms with Gasteiger partial charge in [0, 0.05) is 32.2 Å². The summed E-state index contributed by atoms with van der Waals surface area (Å²) in [5, 5.41) is 21.6. The first kappa shape index (κ1) is 28.7. The van der Waals surface area contributed by atoms with Gasteiger partial charge in [-0.1, -0.05) is 93.8 Å². The van der Waals surface area contributed by atoms with Crippen molar-refractivity contribution >= 4 is 0 Å². The van der Waals surface area contributed by atoms with E-state index in [1.165, 1.54) is 69.8 Å². The fourth-order valence-corrected chi connectivity index (χ4v) is 8.34. The van der Waals surface area contributed by atoms with E-state index in [0.717, 1.165) is 28.7 Å². The zero-order chi connectivity index (χ0) is 25.9. The van der Waals surface area contributed by atoms with Crippen molar-refractivity contribution in [2.75, 3.05) is 0 Å². The minimum Gasteiger partial charge on any atom is -0.392 e. The molecule has 2 aromatic carbocycles. The van der Waals surface area contributed by atoms with Crippen LogP contribution in [0.1, 0.15) is 64.2 Å². The van der Waals surface area contributed by atoms with Crippen LogP contribution in [0.3, 0.4) is 0 Å². The molecule has 1 radical (unpaired) electrons. The summed E-state index contributed by atoms with van der Waals surface area (Å²) < 4.78 is 0. The Balaban J connectivity index is 0.000000155. The largest absolute Gasteiger partial charge is 0.392 e. The quantitative estimate of drug-likeness (QED) is 0.276. The third kappa shape index (κ3) is 6.25. The van der Waals surface area contributed by atoms with Gasteiger partial charge in [0.25, 0.3) is 0 Å². The third-order valence-electron chi connectivity index (χ3n) is 10.2. The molecule has 3 nitrogen and oxygen atoms in total. The zero-order valence-corrected chi connectivity index (χ0v) is 25.2. The molecule has 2 N–H and O–H groups in total. The molecule has 4 unspecified atom stereocenters. The van der Waals surface area contributed by atoms with Crippen molar-refractivity contribution in [3.8, 4) is 22.4 Å². The zero-order valence-electron chi connectivity index (χ0n) is 22.8. The van der Waals surface area contributed by atoms with Gasteiger partial charge in [-0.25, -0.2) is 0 Å². The second kappa shape index (κ2) is 13.2. The number of pyridine rings is 1. The predicted octanol–water partition coefficient (Wildman–Crippen LogP) is 7.57. The average molecular weight is 701 g/mol. The van der Waals surface area contributed by atoms with Crippen molar-refractivity contribution in [3.05, 3.63) is 79.0 Å². The second-order valence-corrected chi connectivity index (χ2v) is 12.3. The average Bonchev–Trinajstić information content (AvgIpc) is 3.78. The number of benzene rings is 2. The van der Waals surface area contributed by atoms with Gasteiger partial charge in [-0.05, 0) is 59.3 Å². The van der Waals surface area contributed by atoms with Crippen LogP contribution >= 0.6 is 0 Å². The van der Waals surface area contributed by atoms with Crippen molar-refractivity contribution in [3.63, 3.8) is 0 Å². The fourth-order valence-electron chi connectivity index (χ4n) is 8.34. The number of hydrogen-bond donors (Lipinski definition) is 2. The summed E-state index contributed by atoms with van der Waals surface area (Å²) in [4.78, 5) is 4.49. The maximum Gasteiger partial charge on any atom is 0.0626 e. The summed E-state index contributed by atoms with van der Waals surface area (Å²) in [6.45, 7) is 0. The molecule has 0 aliphatic heterocycles. The van der Waals surface area contributed by atoms with Crippen molar-refractivity contribution in [1.29, 1.82) is 0 Å².